The van der Waals surface area contributed by atoms with Gasteiger partial charge in [0.25, 0.3) is 5.91 Å². The largest absolute Gasteiger partial charge is 0.497 e. The van der Waals surface area contributed by atoms with Gasteiger partial charge in [-0.05, 0) is 60.4 Å². The number of fused-ring (bicyclic) bond motifs is 5. The van der Waals surface area contributed by atoms with Crippen LogP contribution in [0.3, 0.4) is 0 Å². The smallest absolute Gasteiger partial charge is 0.254 e. The summed E-state index contributed by atoms with van der Waals surface area (Å²) >= 11 is 6.03. The van der Waals surface area contributed by atoms with E-state index in [1.807, 2.05) is 73.7 Å². The molecule has 2 aliphatic rings. The van der Waals surface area contributed by atoms with Crippen LogP contribution in [0.15, 0.2) is 72.8 Å². The molecule has 188 valence electrons. The van der Waals surface area contributed by atoms with E-state index in [0.717, 1.165) is 39.0 Å². The average molecular weight is 514 g/mol. The van der Waals surface area contributed by atoms with Crippen LogP contribution in [0.5, 0.6) is 5.75 Å². The van der Waals surface area contributed by atoms with E-state index in [-0.39, 0.29) is 24.3 Å². The Morgan fingerprint density at radius 3 is 2.49 bits per heavy atom. The fourth-order valence-electron chi connectivity index (χ4n) is 5.91. The number of carbonyl (C=O) groups is 2. The highest BCUT2D eigenvalue weighted by molar-refractivity contribution is 6.30. The number of hydrogen-bond acceptors (Lipinski definition) is 3. The van der Waals surface area contributed by atoms with Crippen molar-refractivity contribution in [3.63, 3.8) is 0 Å². The molecule has 6 nitrogen and oxygen atoms in total. The number of aromatic nitrogens is 1. The van der Waals surface area contributed by atoms with E-state index < -0.39 is 5.54 Å². The van der Waals surface area contributed by atoms with Crippen LogP contribution in [-0.4, -0.2) is 53.3 Å². The third-order valence-corrected chi connectivity index (χ3v) is 8.17. The first-order chi connectivity index (χ1) is 17.9. The first-order valence-electron chi connectivity index (χ1n) is 12.5. The van der Waals surface area contributed by atoms with E-state index in [4.69, 9.17) is 16.3 Å². The van der Waals surface area contributed by atoms with Gasteiger partial charge in [0.1, 0.15) is 5.75 Å². The van der Waals surface area contributed by atoms with Gasteiger partial charge in [-0.15, -0.1) is 0 Å². The van der Waals surface area contributed by atoms with Gasteiger partial charge in [0, 0.05) is 34.9 Å². The number of amides is 2. The van der Waals surface area contributed by atoms with E-state index in [1.54, 1.807) is 16.9 Å². The van der Waals surface area contributed by atoms with Crippen molar-refractivity contribution in [3.05, 3.63) is 100 Å². The van der Waals surface area contributed by atoms with Gasteiger partial charge in [0.15, 0.2) is 5.54 Å². The number of nitrogens with one attached hydrogen (secondary N) is 1. The number of benzene rings is 3. The van der Waals surface area contributed by atoms with E-state index in [9.17, 15) is 9.59 Å². The summed E-state index contributed by atoms with van der Waals surface area (Å²) in [6.07, 6.45) is 0.653. The zero-order chi connectivity index (χ0) is 25.7. The molecule has 0 bridgehead atoms. The van der Waals surface area contributed by atoms with E-state index >= 15 is 0 Å². The lowest BCUT2D eigenvalue weighted by Crippen LogP contribution is -2.67. The van der Waals surface area contributed by atoms with Crippen LogP contribution in [0.1, 0.15) is 35.2 Å². The Morgan fingerprint density at radius 2 is 1.76 bits per heavy atom. The number of methoxy groups -OCH3 is 1. The second kappa shape index (κ2) is 8.96. The van der Waals surface area contributed by atoms with E-state index in [2.05, 4.69) is 11.1 Å². The molecule has 3 heterocycles. The minimum Gasteiger partial charge on any atom is -0.497 e. The predicted molar refractivity (Wildman–Crippen MR) is 144 cm³/mol. The van der Waals surface area contributed by atoms with Gasteiger partial charge >= 0.3 is 0 Å². The molecule has 0 spiro atoms. The Kier molecular flexibility index (Phi) is 5.72. The Labute approximate surface area is 220 Å². The van der Waals surface area contributed by atoms with Gasteiger partial charge in [-0.3, -0.25) is 9.59 Å². The van der Waals surface area contributed by atoms with E-state index in [1.165, 1.54) is 0 Å². The van der Waals surface area contributed by atoms with Crippen molar-refractivity contribution in [1.29, 1.82) is 0 Å². The lowest BCUT2D eigenvalue weighted by Gasteiger charge is -2.51. The topological polar surface area (TPSA) is 65.6 Å². The van der Waals surface area contributed by atoms with Crippen molar-refractivity contribution in [1.82, 2.24) is 14.8 Å². The van der Waals surface area contributed by atoms with Crippen molar-refractivity contribution in [3.8, 4) is 5.75 Å². The van der Waals surface area contributed by atoms with Crippen molar-refractivity contribution in [2.24, 2.45) is 0 Å². The van der Waals surface area contributed by atoms with Crippen LogP contribution in [0, 0.1) is 0 Å². The molecular formula is C30H28ClN3O3. The van der Waals surface area contributed by atoms with Gasteiger partial charge in [-0.2, -0.15) is 0 Å². The normalized spacial score (nSPS) is 21.2. The third kappa shape index (κ3) is 3.78. The second-order valence-corrected chi connectivity index (χ2v) is 10.4. The molecule has 0 aliphatic carbocycles. The zero-order valence-corrected chi connectivity index (χ0v) is 21.6. The Hall–Kier alpha value is -3.77. The van der Waals surface area contributed by atoms with Gasteiger partial charge in [0.2, 0.25) is 5.91 Å². The highest BCUT2D eigenvalue weighted by Crippen LogP contribution is 2.48. The summed E-state index contributed by atoms with van der Waals surface area (Å²) in [6.45, 7) is 2.87. The maximum atomic E-state index is 14.1. The number of nitrogens with zero attached hydrogens (tertiary/aromatic N) is 2. The van der Waals surface area contributed by atoms with Crippen LogP contribution < -0.4 is 4.74 Å². The monoisotopic (exact) mass is 513 g/mol. The molecule has 4 aromatic rings. The SMILES string of the molecule is COc1ccc([C@@H]2CN3C(=O)CN(CCc4ccc(Cl)cc4)C(=O)[C@]3(C)c3[nH]c4ccccc4c32)cc1. The molecule has 3 aromatic carbocycles. The number of aromatic amines is 1. The summed E-state index contributed by atoms with van der Waals surface area (Å²) in [4.78, 5) is 34.8. The molecule has 2 atom stereocenters. The van der Waals surface area contributed by atoms with Gasteiger partial charge in [0.05, 0.1) is 19.3 Å². The summed E-state index contributed by atoms with van der Waals surface area (Å²) < 4.78 is 5.36. The fraction of sp³-hybridized carbons (Fsp3) is 0.267. The fourth-order valence-corrected chi connectivity index (χ4v) is 6.03. The van der Waals surface area contributed by atoms with Crippen LogP contribution in [-0.2, 0) is 21.5 Å². The molecule has 7 heteroatoms. The van der Waals surface area contributed by atoms with Crippen LogP contribution in [0.4, 0.5) is 0 Å². The molecule has 1 saturated heterocycles. The Balaban J connectivity index is 1.42. The molecule has 0 unspecified atom stereocenters. The number of hydrogen-bond donors (Lipinski definition) is 1. The summed E-state index contributed by atoms with van der Waals surface area (Å²) in [6, 6.07) is 23.7. The summed E-state index contributed by atoms with van der Waals surface area (Å²) in [5.74, 6) is 0.620. The van der Waals surface area contributed by atoms with Crippen LogP contribution >= 0.6 is 11.6 Å². The molecular weight excluding hydrogens is 486 g/mol. The van der Waals surface area contributed by atoms with Gasteiger partial charge in [-0.25, -0.2) is 0 Å². The van der Waals surface area contributed by atoms with Crippen molar-refractivity contribution >= 4 is 34.3 Å². The van der Waals surface area contributed by atoms with E-state index in [0.29, 0.717) is 24.5 Å². The maximum Gasteiger partial charge on any atom is 0.254 e. The number of para-hydroxylation sites is 1. The first-order valence-corrected chi connectivity index (χ1v) is 12.9. The van der Waals surface area contributed by atoms with Gasteiger partial charge in [-0.1, -0.05) is 54.1 Å². The maximum absolute atomic E-state index is 14.1. The quantitative estimate of drug-likeness (QED) is 0.403. The number of rotatable bonds is 5. The van der Waals surface area contributed by atoms with Gasteiger partial charge < -0.3 is 19.5 Å². The molecule has 6 rings (SSSR count). The van der Waals surface area contributed by atoms with Crippen molar-refractivity contribution in [2.45, 2.75) is 24.8 Å². The van der Waals surface area contributed by atoms with Crippen molar-refractivity contribution < 1.29 is 14.3 Å². The van der Waals surface area contributed by atoms with Crippen LogP contribution in [0.2, 0.25) is 5.02 Å². The molecule has 2 aliphatic heterocycles. The molecule has 0 radical (unpaired) electrons. The Morgan fingerprint density at radius 1 is 1.03 bits per heavy atom. The number of H-pyrrole nitrogens is 1. The standard InChI is InChI=1S/C30H28ClN3O3/c1-30-28-27(23-5-3-4-6-25(23)32-28)24(20-9-13-22(37-2)14-10-20)17-34(30)26(35)18-33(29(30)36)16-15-19-7-11-21(31)12-8-19/h3-14,24,32H,15-18H2,1-2H3/t24-,30-/m0/s1. The predicted octanol–water partition coefficient (Wildman–Crippen LogP) is 5.10. The minimum atomic E-state index is -1.10. The third-order valence-electron chi connectivity index (χ3n) is 7.92. The molecule has 0 saturated carbocycles. The number of ether oxygens (including phenoxy) is 1. The lowest BCUT2D eigenvalue weighted by molar-refractivity contribution is -0.166. The molecule has 1 aromatic heterocycles. The second-order valence-electron chi connectivity index (χ2n) is 9.96. The zero-order valence-electron chi connectivity index (χ0n) is 20.8. The average Bonchev–Trinajstić information content (AvgIpc) is 3.32. The summed E-state index contributed by atoms with van der Waals surface area (Å²) in [7, 11) is 1.65. The summed E-state index contributed by atoms with van der Waals surface area (Å²) in [5.41, 5.74) is 3.90. The number of halogens is 1. The molecule has 1 N–H and O–H groups in total. The van der Waals surface area contributed by atoms with Crippen molar-refractivity contribution in [2.75, 3.05) is 26.7 Å². The minimum absolute atomic E-state index is 0.0407. The highest BCUT2D eigenvalue weighted by atomic mass is 35.5. The Bertz CT molecular complexity index is 1500. The number of piperazine rings is 1. The first kappa shape index (κ1) is 23.6. The highest BCUT2D eigenvalue weighted by Gasteiger charge is 2.56. The van der Waals surface area contributed by atoms with Crippen LogP contribution in [0.25, 0.3) is 10.9 Å². The summed E-state index contributed by atoms with van der Waals surface area (Å²) in [5, 5.41) is 1.76. The molecule has 2 amide bonds. The molecule has 37 heavy (non-hydrogen) atoms. The molecule has 1 fully saturated rings. The number of carbonyl (C=O) groups excluding carboxylic acids is 2. The lowest BCUT2D eigenvalue weighted by atomic mass is 9.76.